The van der Waals surface area contributed by atoms with Crippen LogP contribution in [0.1, 0.15) is 26.5 Å². The van der Waals surface area contributed by atoms with Gasteiger partial charge in [0.25, 0.3) is 5.91 Å². The lowest BCUT2D eigenvalue weighted by Crippen LogP contribution is -2.27. The summed E-state index contributed by atoms with van der Waals surface area (Å²) in [7, 11) is 0. The molecule has 0 aromatic carbocycles. The molecule has 2 aromatic rings. The molecule has 110 valence electrons. The summed E-state index contributed by atoms with van der Waals surface area (Å²) in [5.74, 6) is -1.31. The SMILES string of the molecule is NCc1cc(C(=O)NCCn2cnc(C(=O)O)c2)ccn1. The van der Waals surface area contributed by atoms with E-state index in [-0.39, 0.29) is 18.1 Å². The average Bonchev–Trinajstić information content (AvgIpc) is 2.96. The Hall–Kier alpha value is -2.74. The number of pyridine rings is 1. The van der Waals surface area contributed by atoms with Crippen LogP contribution in [0.3, 0.4) is 0 Å². The van der Waals surface area contributed by atoms with E-state index in [4.69, 9.17) is 10.8 Å². The van der Waals surface area contributed by atoms with Crippen molar-refractivity contribution in [2.75, 3.05) is 6.54 Å². The quantitative estimate of drug-likeness (QED) is 0.680. The van der Waals surface area contributed by atoms with Crippen LogP contribution >= 0.6 is 0 Å². The highest BCUT2D eigenvalue weighted by molar-refractivity contribution is 5.94. The van der Waals surface area contributed by atoms with Gasteiger partial charge in [0.05, 0.1) is 12.0 Å². The molecular weight excluding hydrogens is 274 g/mol. The second kappa shape index (κ2) is 6.62. The van der Waals surface area contributed by atoms with Crippen molar-refractivity contribution in [3.8, 4) is 0 Å². The van der Waals surface area contributed by atoms with Gasteiger partial charge in [0.2, 0.25) is 0 Å². The second-order valence-corrected chi connectivity index (χ2v) is 4.30. The molecule has 8 nitrogen and oxygen atoms in total. The van der Waals surface area contributed by atoms with Gasteiger partial charge in [0.15, 0.2) is 5.69 Å². The first-order valence-corrected chi connectivity index (χ1v) is 6.28. The number of aromatic carboxylic acids is 1. The van der Waals surface area contributed by atoms with Gasteiger partial charge in [-0.2, -0.15) is 0 Å². The van der Waals surface area contributed by atoms with Crippen LogP contribution in [0.2, 0.25) is 0 Å². The number of imidazole rings is 1. The van der Waals surface area contributed by atoms with Crippen LogP contribution in [0, 0.1) is 0 Å². The standard InChI is InChI=1S/C13H15N5O3/c14-6-10-5-9(1-2-15-10)12(19)16-3-4-18-7-11(13(20)21)17-8-18/h1-2,5,7-8H,3-4,6,14H2,(H,16,19)(H,20,21). The van der Waals surface area contributed by atoms with E-state index in [1.807, 2.05) is 0 Å². The van der Waals surface area contributed by atoms with E-state index in [0.717, 1.165) is 0 Å². The number of hydrogen-bond acceptors (Lipinski definition) is 5. The van der Waals surface area contributed by atoms with E-state index >= 15 is 0 Å². The highest BCUT2D eigenvalue weighted by Crippen LogP contribution is 2.01. The van der Waals surface area contributed by atoms with Crippen LogP contribution in [0.15, 0.2) is 30.9 Å². The van der Waals surface area contributed by atoms with Gasteiger partial charge in [-0.1, -0.05) is 0 Å². The lowest BCUT2D eigenvalue weighted by molar-refractivity contribution is 0.0690. The predicted octanol–water partition coefficient (Wildman–Crippen LogP) is -0.135. The lowest BCUT2D eigenvalue weighted by atomic mass is 10.2. The van der Waals surface area contributed by atoms with Crippen molar-refractivity contribution in [1.29, 1.82) is 0 Å². The van der Waals surface area contributed by atoms with E-state index in [2.05, 4.69) is 15.3 Å². The number of amides is 1. The first kappa shape index (κ1) is 14.7. The van der Waals surface area contributed by atoms with Gasteiger partial charge < -0.3 is 20.7 Å². The predicted molar refractivity (Wildman–Crippen MR) is 73.6 cm³/mol. The minimum absolute atomic E-state index is 0.0250. The Morgan fingerprint density at radius 1 is 1.38 bits per heavy atom. The molecule has 0 saturated heterocycles. The van der Waals surface area contributed by atoms with Crippen molar-refractivity contribution in [1.82, 2.24) is 19.9 Å². The summed E-state index contributed by atoms with van der Waals surface area (Å²) in [4.78, 5) is 30.3. The Morgan fingerprint density at radius 3 is 2.86 bits per heavy atom. The Labute approximate surface area is 120 Å². The molecule has 4 N–H and O–H groups in total. The maximum Gasteiger partial charge on any atom is 0.356 e. The molecule has 0 unspecified atom stereocenters. The number of aromatic nitrogens is 3. The van der Waals surface area contributed by atoms with Gasteiger partial charge in [0.1, 0.15) is 0 Å². The van der Waals surface area contributed by atoms with Crippen LogP contribution in [0.5, 0.6) is 0 Å². The minimum Gasteiger partial charge on any atom is -0.476 e. The highest BCUT2D eigenvalue weighted by atomic mass is 16.4. The maximum absolute atomic E-state index is 11.9. The zero-order chi connectivity index (χ0) is 15.2. The van der Waals surface area contributed by atoms with E-state index in [1.165, 1.54) is 18.7 Å². The van der Waals surface area contributed by atoms with Crippen LogP contribution in [-0.2, 0) is 13.1 Å². The topological polar surface area (TPSA) is 123 Å². The number of carboxylic acids is 1. The summed E-state index contributed by atoms with van der Waals surface area (Å²) in [5.41, 5.74) is 6.57. The van der Waals surface area contributed by atoms with Crippen LogP contribution in [-0.4, -0.2) is 38.1 Å². The van der Waals surface area contributed by atoms with E-state index in [9.17, 15) is 9.59 Å². The molecule has 0 atom stereocenters. The third-order valence-corrected chi connectivity index (χ3v) is 2.80. The van der Waals surface area contributed by atoms with Crippen LogP contribution < -0.4 is 11.1 Å². The van der Waals surface area contributed by atoms with E-state index in [0.29, 0.717) is 24.3 Å². The van der Waals surface area contributed by atoms with Crippen LogP contribution in [0.25, 0.3) is 0 Å². The van der Waals surface area contributed by atoms with Gasteiger partial charge in [-0.05, 0) is 12.1 Å². The molecular formula is C13H15N5O3. The van der Waals surface area contributed by atoms with Crippen molar-refractivity contribution < 1.29 is 14.7 Å². The molecule has 0 bridgehead atoms. The third-order valence-electron chi connectivity index (χ3n) is 2.80. The third kappa shape index (κ3) is 3.86. The molecule has 2 rings (SSSR count). The van der Waals surface area contributed by atoms with Crippen molar-refractivity contribution in [2.24, 2.45) is 5.73 Å². The molecule has 0 fully saturated rings. The Balaban J connectivity index is 1.87. The molecule has 0 spiro atoms. The van der Waals surface area contributed by atoms with Crippen molar-refractivity contribution >= 4 is 11.9 Å². The molecule has 21 heavy (non-hydrogen) atoms. The Bertz CT molecular complexity index is 653. The summed E-state index contributed by atoms with van der Waals surface area (Å²) in [6, 6.07) is 3.24. The Morgan fingerprint density at radius 2 is 2.19 bits per heavy atom. The number of nitrogens with zero attached hydrogens (tertiary/aromatic N) is 3. The summed E-state index contributed by atoms with van der Waals surface area (Å²) >= 11 is 0. The van der Waals surface area contributed by atoms with Gasteiger partial charge >= 0.3 is 5.97 Å². The molecule has 8 heteroatoms. The lowest BCUT2D eigenvalue weighted by Gasteiger charge is -2.06. The van der Waals surface area contributed by atoms with Crippen molar-refractivity contribution in [3.05, 3.63) is 47.8 Å². The number of carbonyl (C=O) groups is 2. The number of carboxylic acid groups (broad SMARTS) is 1. The smallest absolute Gasteiger partial charge is 0.356 e. The van der Waals surface area contributed by atoms with E-state index in [1.54, 1.807) is 16.7 Å². The number of nitrogens with one attached hydrogen (secondary N) is 1. The molecule has 2 aromatic heterocycles. The molecule has 0 aliphatic rings. The molecule has 2 heterocycles. The zero-order valence-electron chi connectivity index (χ0n) is 11.2. The summed E-state index contributed by atoms with van der Waals surface area (Å²) < 4.78 is 1.60. The first-order valence-electron chi connectivity index (χ1n) is 6.28. The largest absolute Gasteiger partial charge is 0.476 e. The number of carbonyl (C=O) groups excluding carboxylic acids is 1. The molecule has 0 saturated carbocycles. The monoisotopic (exact) mass is 289 g/mol. The van der Waals surface area contributed by atoms with Crippen molar-refractivity contribution in [3.63, 3.8) is 0 Å². The summed E-state index contributed by atoms with van der Waals surface area (Å²) in [6.45, 7) is 1.06. The van der Waals surface area contributed by atoms with Gasteiger partial charge in [-0.25, -0.2) is 9.78 Å². The normalized spacial score (nSPS) is 10.3. The fourth-order valence-electron chi connectivity index (χ4n) is 1.72. The molecule has 1 amide bonds. The zero-order valence-corrected chi connectivity index (χ0v) is 11.2. The Kier molecular flexibility index (Phi) is 4.62. The fraction of sp³-hybridized carbons (Fsp3) is 0.231. The fourth-order valence-corrected chi connectivity index (χ4v) is 1.72. The van der Waals surface area contributed by atoms with Gasteiger partial charge in [0, 0.05) is 37.6 Å². The average molecular weight is 289 g/mol. The van der Waals surface area contributed by atoms with Crippen molar-refractivity contribution in [2.45, 2.75) is 13.1 Å². The molecule has 0 radical (unpaired) electrons. The van der Waals surface area contributed by atoms with Gasteiger partial charge in [-0.15, -0.1) is 0 Å². The highest BCUT2D eigenvalue weighted by Gasteiger charge is 2.08. The first-order chi connectivity index (χ1) is 10.1. The maximum atomic E-state index is 11.9. The number of rotatable bonds is 6. The van der Waals surface area contributed by atoms with E-state index < -0.39 is 5.97 Å². The number of hydrogen-bond donors (Lipinski definition) is 3. The molecule has 0 aliphatic carbocycles. The summed E-state index contributed by atoms with van der Waals surface area (Å²) in [5, 5.41) is 11.5. The number of nitrogens with two attached hydrogens (primary N) is 1. The second-order valence-electron chi connectivity index (χ2n) is 4.30. The minimum atomic E-state index is -1.08. The molecule has 0 aliphatic heterocycles. The van der Waals surface area contributed by atoms with Gasteiger partial charge in [-0.3, -0.25) is 9.78 Å². The summed E-state index contributed by atoms with van der Waals surface area (Å²) in [6.07, 6.45) is 4.36. The van der Waals surface area contributed by atoms with Crippen LogP contribution in [0.4, 0.5) is 0 Å².